The van der Waals surface area contributed by atoms with E-state index in [2.05, 4.69) is 210 Å². The van der Waals surface area contributed by atoms with Crippen molar-refractivity contribution in [2.75, 3.05) is 4.90 Å². The van der Waals surface area contributed by atoms with E-state index in [0.29, 0.717) is 0 Å². The van der Waals surface area contributed by atoms with Crippen LogP contribution in [0.15, 0.2) is 227 Å². The predicted molar refractivity (Wildman–Crippen MR) is 258 cm³/mol. The molecule has 10 aromatic carbocycles. The first-order chi connectivity index (χ1) is 30.8. The third-order valence-corrected chi connectivity index (χ3v) is 12.6. The number of hydrogen-bond acceptors (Lipinski definition) is 3. The fourth-order valence-corrected chi connectivity index (χ4v) is 9.82. The minimum atomic E-state index is 0.839. The molecule has 13 aromatic rings. The number of rotatable bonds is 6. The van der Waals surface area contributed by atoms with Gasteiger partial charge in [-0.2, -0.15) is 0 Å². The van der Waals surface area contributed by atoms with Crippen molar-refractivity contribution in [3.63, 3.8) is 0 Å². The van der Waals surface area contributed by atoms with Crippen molar-refractivity contribution in [1.82, 2.24) is 4.57 Å². The van der Waals surface area contributed by atoms with Gasteiger partial charge in [-0.3, -0.25) is 0 Å². The summed E-state index contributed by atoms with van der Waals surface area (Å²) in [4.78, 5) is 2.40. The lowest BCUT2D eigenvalue weighted by Crippen LogP contribution is -2.12. The van der Waals surface area contributed by atoms with Crippen molar-refractivity contribution in [3.8, 4) is 27.9 Å². The Labute approximate surface area is 356 Å². The molecule has 4 heteroatoms. The SMILES string of the molecule is c1cc(-c2cccc3c2oc2ccccc23)cc(N(c2ccc3ccccc3c2)c2ccc3c(oc4ccccc43)c2-c2ccccc2-n2c3ccccc3c3ccccc32)c1. The molecule has 3 aromatic heterocycles. The molecule has 3 heterocycles. The smallest absolute Gasteiger partial charge is 0.145 e. The summed E-state index contributed by atoms with van der Waals surface area (Å²) in [6.07, 6.45) is 0. The second-order valence-electron chi connectivity index (χ2n) is 16.0. The van der Waals surface area contributed by atoms with Crippen molar-refractivity contribution in [2.45, 2.75) is 0 Å². The number of nitrogens with zero attached hydrogens (tertiary/aromatic N) is 2. The Hall–Kier alpha value is -8.34. The largest absolute Gasteiger partial charge is 0.455 e. The van der Waals surface area contributed by atoms with Crippen LogP contribution in [0.3, 0.4) is 0 Å². The number of furan rings is 2. The average Bonchev–Trinajstić information content (AvgIpc) is 4.01. The number of aromatic nitrogens is 1. The highest BCUT2D eigenvalue weighted by Crippen LogP contribution is 2.50. The molecule has 0 atom stereocenters. The molecule has 0 amide bonds. The molecule has 0 spiro atoms. The minimum absolute atomic E-state index is 0.839. The maximum atomic E-state index is 7.04. The second kappa shape index (κ2) is 13.6. The van der Waals surface area contributed by atoms with E-state index in [9.17, 15) is 0 Å². The predicted octanol–water partition coefficient (Wildman–Crippen LogP) is 16.5. The molecular weight excluding hydrogens is 757 g/mol. The van der Waals surface area contributed by atoms with Crippen molar-refractivity contribution < 1.29 is 8.83 Å². The van der Waals surface area contributed by atoms with Gasteiger partial charge in [0.1, 0.15) is 22.3 Å². The molecule has 0 fully saturated rings. The van der Waals surface area contributed by atoms with Gasteiger partial charge in [0.25, 0.3) is 0 Å². The average molecular weight is 793 g/mol. The summed E-state index contributed by atoms with van der Waals surface area (Å²) >= 11 is 0. The van der Waals surface area contributed by atoms with Gasteiger partial charge in [-0.15, -0.1) is 0 Å². The Balaban J connectivity index is 1.12. The molecule has 290 valence electrons. The van der Waals surface area contributed by atoms with Gasteiger partial charge >= 0.3 is 0 Å². The van der Waals surface area contributed by atoms with Crippen LogP contribution < -0.4 is 4.90 Å². The van der Waals surface area contributed by atoms with Crippen molar-refractivity contribution in [2.24, 2.45) is 0 Å². The molecule has 0 saturated heterocycles. The Morgan fingerprint density at radius 3 is 1.69 bits per heavy atom. The molecule has 62 heavy (non-hydrogen) atoms. The second-order valence-corrected chi connectivity index (χ2v) is 16.0. The zero-order valence-corrected chi connectivity index (χ0v) is 33.5. The van der Waals surface area contributed by atoms with Crippen LogP contribution in [0.4, 0.5) is 17.1 Å². The first-order valence-corrected chi connectivity index (χ1v) is 21.1. The number of benzene rings is 10. The Morgan fingerprint density at radius 2 is 0.919 bits per heavy atom. The maximum absolute atomic E-state index is 7.04. The molecule has 0 bridgehead atoms. The summed E-state index contributed by atoms with van der Waals surface area (Å²) in [6, 6.07) is 78.0. The van der Waals surface area contributed by atoms with Gasteiger partial charge in [-0.05, 0) is 83.1 Å². The van der Waals surface area contributed by atoms with Crippen LogP contribution in [0.5, 0.6) is 0 Å². The molecule has 0 aliphatic carbocycles. The lowest BCUT2D eigenvalue weighted by atomic mass is 9.96. The highest BCUT2D eigenvalue weighted by molar-refractivity contribution is 6.16. The Bertz CT molecular complexity index is 3850. The Morgan fingerprint density at radius 1 is 0.355 bits per heavy atom. The first-order valence-electron chi connectivity index (χ1n) is 21.1. The molecule has 4 nitrogen and oxygen atoms in total. The van der Waals surface area contributed by atoms with Crippen LogP contribution in [0, 0.1) is 0 Å². The number of hydrogen-bond donors (Lipinski definition) is 0. The molecule has 0 radical (unpaired) electrons. The van der Waals surface area contributed by atoms with Crippen molar-refractivity contribution in [3.05, 3.63) is 218 Å². The van der Waals surface area contributed by atoms with Gasteiger partial charge in [0.05, 0.1) is 28.0 Å². The standard InChI is InChI=1S/C58H36N2O2/c1-2-16-38-35-41(32-31-37(38)15-1)59(40-18-13-17-39(36-40)42-24-14-25-47-45-21-6-11-29-54(45)61-57(42)47)53-34-33-48-46-22-7-12-30-55(46)62-58(48)56(53)49-23-5-10-28-52(49)60-50-26-8-3-19-43(50)44-20-4-9-27-51(44)60/h1-36H. The van der Waals surface area contributed by atoms with Crippen LogP contribution in [0.25, 0.3) is 104 Å². The fraction of sp³-hybridized carbons (Fsp3) is 0. The van der Waals surface area contributed by atoms with Gasteiger partial charge in [0.15, 0.2) is 0 Å². The molecule has 0 aliphatic heterocycles. The van der Waals surface area contributed by atoms with Crippen LogP contribution in [0.2, 0.25) is 0 Å². The van der Waals surface area contributed by atoms with E-state index in [1.54, 1.807) is 0 Å². The van der Waals surface area contributed by atoms with Crippen molar-refractivity contribution >= 4 is 93.5 Å². The molecular formula is C58H36N2O2. The lowest BCUT2D eigenvalue weighted by Gasteiger charge is -2.29. The third kappa shape index (κ3) is 5.20. The summed E-state index contributed by atoms with van der Waals surface area (Å²) in [5.74, 6) is 0. The summed E-state index contributed by atoms with van der Waals surface area (Å²) in [7, 11) is 0. The first kappa shape index (κ1) is 34.5. The molecule has 0 aliphatic rings. The summed E-state index contributed by atoms with van der Waals surface area (Å²) in [5.41, 5.74) is 14.1. The van der Waals surface area contributed by atoms with E-state index in [-0.39, 0.29) is 0 Å². The van der Waals surface area contributed by atoms with Crippen LogP contribution in [0.1, 0.15) is 0 Å². The zero-order chi connectivity index (χ0) is 40.7. The lowest BCUT2D eigenvalue weighted by molar-refractivity contribution is 0.669. The summed E-state index contributed by atoms with van der Waals surface area (Å²) < 4.78 is 16.0. The van der Waals surface area contributed by atoms with E-state index in [0.717, 1.165) is 105 Å². The van der Waals surface area contributed by atoms with Gasteiger partial charge in [-0.25, -0.2) is 0 Å². The number of para-hydroxylation sites is 6. The fourth-order valence-electron chi connectivity index (χ4n) is 9.82. The van der Waals surface area contributed by atoms with Gasteiger partial charge < -0.3 is 18.3 Å². The molecule has 0 N–H and O–H groups in total. The summed E-state index contributed by atoms with van der Waals surface area (Å²) in [5, 5.41) is 9.16. The van der Waals surface area contributed by atoms with E-state index >= 15 is 0 Å². The molecule has 13 rings (SSSR count). The molecule has 0 unspecified atom stereocenters. The highest BCUT2D eigenvalue weighted by Gasteiger charge is 2.26. The highest BCUT2D eigenvalue weighted by atomic mass is 16.3. The quantitative estimate of drug-likeness (QED) is 0.168. The minimum Gasteiger partial charge on any atom is -0.455 e. The van der Waals surface area contributed by atoms with Crippen LogP contribution in [-0.4, -0.2) is 4.57 Å². The van der Waals surface area contributed by atoms with Gasteiger partial charge in [0.2, 0.25) is 0 Å². The van der Waals surface area contributed by atoms with Gasteiger partial charge in [-0.1, -0.05) is 152 Å². The van der Waals surface area contributed by atoms with Crippen LogP contribution >= 0.6 is 0 Å². The number of anilines is 3. The maximum Gasteiger partial charge on any atom is 0.145 e. The Kier molecular flexibility index (Phi) is 7.57. The molecule has 0 saturated carbocycles. The summed E-state index contributed by atoms with van der Waals surface area (Å²) in [6.45, 7) is 0. The van der Waals surface area contributed by atoms with E-state index in [1.807, 2.05) is 18.2 Å². The van der Waals surface area contributed by atoms with Crippen molar-refractivity contribution in [1.29, 1.82) is 0 Å². The van der Waals surface area contributed by atoms with E-state index in [1.165, 1.54) is 16.2 Å². The van der Waals surface area contributed by atoms with E-state index < -0.39 is 0 Å². The topological polar surface area (TPSA) is 34.5 Å². The van der Waals surface area contributed by atoms with E-state index in [4.69, 9.17) is 8.83 Å². The third-order valence-electron chi connectivity index (χ3n) is 12.6. The number of fused-ring (bicyclic) bond motifs is 10. The monoisotopic (exact) mass is 792 g/mol. The zero-order valence-electron chi connectivity index (χ0n) is 33.5. The van der Waals surface area contributed by atoms with Crippen LogP contribution in [-0.2, 0) is 0 Å². The normalized spacial score (nSPS) is 11.9. The van der Waals surface area contributed by atoms with Gasteiger partial charge in [0, 0.05) is 54.8 Å².